The molecule has 0 unspecified atom stereocenters. The van der Waals surface area contributed by atoms with E-state index in [0.29, 0.717) is 11.0 Å². The SMILES string of the molecule is CN(C)n1ccc2c(=O)n(C)cnc21. The average Bonchev–Trinajstić information content (AvgIpc) is 2.55. The van der Waals surface area contributed by atoms with Crippen LogP contribution in [0.25, 0.3) is 11.0 Å². The molecule has 0 atom stereocenters. The van der Waals surface area contributed by atoms with Crippen molar-refractivity contribution in [1.29, 1.82) is 0 Å². The molecule has 0 N–H and O–H groups in total. The molecule has 0 bridgehead atoms. The van der Waals surface area contributed by atoms with Crippen LogP contribution >= 0.6 is 0 Å². The van der Waals surface area contributed by atoms with Crippen molar-refractivity contribution in [3.05, 3.63) is 28.9 Å². The number of aromatic nitrogens is 3. The topological polar surface area (TPSA) is 43.1 Å². The van der Waals surface area contributed by atoms with E-state index in [9.17, 15) is 4.79 Å². The Labute approximate surface area is 81.2 Å². The number of rotatable bonds is 1. The van der Waals surface area contributed by atoms with Gasteiger partial charge in [0.2, 0.25) is 0 Å². The molecular weight excluding hydrogens is 180 g/mol. The van der Waals surface area contributed by atoms with Gasteiger partial charge in [0.05, 0.1) is 11.7 Å². The van der Waals surface area contributed by atoms with Gasteiger partial charge >= 0.3 is 0 Å². The summed E-state index contributed by atoms with van der Waals surface area (Å²) in [4.78, 5) is 15.9. The van der Waals surface area contributed by atoms with Crippen LogP contribution in [0, 0.1) is 0 Å². The van der Waals surface area contributed by atoms with Crippen LogP contribution in [-0.2, 0) is 7.05 Å². The van der Waals surface area contributed by atoms with Gasteiger partial charge in [-0.05, 0) is 6.07 Å². The Hall–Kier alpha value is -1.78. The lowest BCUT2D eigenvalue weighted by atomic mass is 10.4. The van der Waals surface area contributed by atoms with Crippen molar-refractivity contribution in [3.8, 4) is 0 Å². The molecule has 2 heterocycles. The van der Waals surface area contributed by atoms with E-state index in [1.165, 1.54) is 10.9 Å². The van der Waals surface area contributed by atoms with Crippen LogP contribution in [-0.4, -0.2) is 28.3 Å². The summed E-state index contributed by atoms with van der Waals surface area (Å²) < 4.78 is 3.30. The minimum absolute atomic E-state index is 0.0180. The second-order valence-electron chi connectivity index (χ2n) is 3.41. The van der Waals surface area contributed by atoms with Gasteiger partial charge in [0.1, 0.15) is 0 Å². The first-order valence-corrected chi connectivity index (χ1v) is 4.31. The molecule has 0 fully saturated rings. The molecule has 5 nitrogen and oxygen atoms in total. The predicted octanol–water partition coefficient (Wildman–Crippen LogP) is -0.0674. The van der Waals surface area contributed by atoms with Gasteiger partial charge < -0.3 is 9.58 Å². The van der Waals surface area contributed by atoms with Crippen LogP contribution in [0.2, 0.25) is 0 Å². The Kier molecular flexibility index (Phi) is 1.80. The molecule has 0 aliphatic heterocycles. The molecule has 0 aromatic carbocycles. The zero-order valence-corrected chi connectivity index (χ0v) is 8.43. The quantitative estimate of drug-likeness (QED) is 0.635. The zero-order valence-electron chi connectivity index (χ0n) is 8.43. The summed E-state index contributed by atoms with van der Waals surface area (Å²) in [6.45, 7) is 0. The van der Waals surface area contributed by atoms with Crippen LogP contribution in [0.4, 0.5) is 0 Å². The van der Waals surface area contributed by atoms with E-state index in [4.69, 9.17) is 0 Å². The van der Waals surface area contributed by atoms with Gasteiger partial charge in [0.15, 0.2) is 5.65 Å². The van der Waals surface area contributed by atoms with E-state index >= 15 is 0 Å². The maximum atomic E-state index is 11.7. The molecule has 2 aromatic rings. The number of hydrogen-bond acceptors (Lipinski definition) is 3. The summed E-state index contributed by atoms with van der Waals surface area (Å²) in [5, 5.41) is 2.51. The van der Waals surface area contributed by atoms with Gasteiger partial charge in [0.25, 0.3) is 5.56 Å². The Bertz CT molecular complexity index is 523. The summed E-state index contributed by atoms with van der Waals surface area (Å²) in [5.74, 6) is 0. The van der Waals surface area contributed by atoms with E-state index in [-0.39, 0.29) is 5.56 Å². The fourth-order valence-electron chi connectivity index (χ4n) is 1.42. The lowest BCUT2D eigenvalue weighted by molar-refractivity contribution is 0.746. The zero-order chi connectivity index (χ0) is 10.3. The molecule has 0 spiro atoms. The minimum atomic E-state index is -0.0180. The third-order valence-corrected chi connectivity index (χ3v) is 2.18. The third kappa shape index (κ3) is 1.09. The molecule has 2 rings (SSSR count). The monoisotopic (exact) mass is 192 g/mol. The number of aryl methyl sites for hydroxylation is 1. The van der Waals surface area contributed by atoms with Crippen LogP contribution in [0.1, 0.15) is 0 Å². The Morgan fingerprint density at radius 2 is 2.14 bits per heavy atom. The van der Waals surface area contributed by atoms with Crippen molar-refractivity contribution in [1.82, 2.24) is 14.2 Å². The van der Waals surface area contributed by atoms with Gasteiger partial charge in [-0.25, -0.2) is 9.66 Å². The smallest absolute Gasteiger partial charge is 0.262 e. The molecular formula is C9H12N4O. The number of fused-ring (bicyclic) bond motifs is 1. The second-order valence-corrected chi connectivity index (χ2v) is 3.41. The van der Waals surface area contributed by atoms with E-state index in [1.54, 1.807) is 13.1 Å². The lowest BCUT2D eigenvalue weighted by Gasteiger charge is -2.14. The Balaban J connectivity index is 2.84. The largest absolute Gasteiger partial charge is 0.318 e. The normalized spacial score (nSPS) is 10.8. The van der Waals surface area contributed by atoms with E-state index in [0.717, 1.165) is 0 Å². The minimum Gasteiger partial charge on any atom is -0.318 e. The number of hydrogen-bond donors (Lipinski definition) is 0. The summed E-state index contributed by atoms with van der Waals surface area (Å²) in [6, 6.07) is 1.78. The highest BCUT2D eigenvalue weighted by molar-refractivity contribution is 5.75. The highest BCUT2D eigenvalue weighted by atomic mass is 16.1. The van der Waals surface area contributed by atoms with E-state index in [2.05, 4.69) is 4.98 Å². The van der Waals surface area contributed by atoms with Crippen LogP contribution in [0.5, 0.6) is 0 Å². The van der Waals surface area contributed by atoms with Crippen LogP contribution < -0.4 is 10.6 Å². The Morgan fingerprint density at radius 3 is 2.79 bits per heavy atom. The Morgan fingerprint density at radius 1 is 1.43 bits per heavy atom. The standard InChI is InChI=1S/C9H12N4O/c1-11(2)13-5-4-7-8(13)10-6-12(3)9(7)14/h4-6H,1-3H3. The second kappa shape index (κ2) is 2.87. The molecule has 14 heavy (non-hydrogen) atoms. The first kappa shape index (κ1) is 8.80. The molecule has 0 saturated heterocycles. The highest BCUT2D eigenvalue weighted by Crippen LogP contribution is 2.07. The molecule has 0 aliphatic rings. The first-order valence-electron chi connectivity index (χ1n) is 4.31. The van der Waals surface area contributed by atoms with Crippen LogP contribution in [0.15, 0.2) is 23.4 Å². The fourth-order valence-corrected chi connectivity index (χ4v) is 1.42. The van der Waals surface area contributed by atoms with Gasteiger partial charge in [0, 0.05) is 27.3 Å². The molecule has 0 aliphatic carbocycles. The van der Waals surface area contributed by atoms with Gasteiger partial charge in [-0.1, -0.05) is 0 Å². The molecule has 0 amide bonds. The molecule has 0 radical (unpaired) electrons. The third-order valence-electron chi connectivity index (χ3n) is 2.18. The van der Waals surface area contributed by atoms with Crippen molar-refractivity contribution in [3.63, 3.8) is 0 Å². The van der Waals surface area contributed by atoms with Gasteiger partial charge in [-0.2, -0.15) is 0 Å². The maximum Gasteiger partial charge on any atom is 0.262 e. The first-order chi connectivity index (χ1) is 6.61. The van der Waals surface area contributed by atoms with Crippen molar-refractivity contribution in [2.45, 2.75) is 0 Å². The van der Waals surface area contributed by atoms with Crippen molar-refractivity contribution in [2.24, 2.45) is 7.05 Å². The molecule has 2 aromatic heterocycles. The van der Waals surface area contributed by atoms with Crippen molar-refractivity contribution in [2.75, 3.05) is 19.1 Å². The van der Waals surface area contributed by atoms with Gasteiger partial charge in [-0.3, -0.25) is 4.79 Å². The van der Waals surface area contributed by atoms with E-state index < -0.39 is 0 Å². The van der Waals surface area contributed by atoms with Crippen molar-refractivity contribution < 1.29 is 0 Å². The molecule has 74 valence electrons. The summed E-state index contributed by atoms with van der Waals surface area (Å²) in [7, 11) is 5.50. The van der Waals surface area contributed by atoms with E-state index in [1.807, 2.05) is 30.0 Å². The highest BCUT2D eigenvalue weighted by Gasteiger charge is 2.07. The summed E-state index contributed by atoms with van der Waals surface area (Å²) in [6.07, 6.45) is 3.36. The van der Waals surface area contributed by atoms with Crippen LogP contribution in [0.3, 0.4) is 0 Å². The van der Waals surface area contributed by atoms with Crippen molar-refractivity contribution >= 4 is 11.0 Å². The summed E-state index contributed by atoms with van der Waals surface area (Å²) >= 11 is 0. The summed E-state index contributed by atoms with van der Waals surface area (Å²) in [5.41, 5.74) is 0.675. The maximum absolute atomic E-state index is 11.7. The fraction of sp³-hybridized carbons (Fsp3) is 0.333. The number of nitrogens with zero attached hydrogens (tertiary/aromatic N) is 4. The predicted molar refractivity (Wildman–Crippen MR) is 55.0 cm³/mol. The average molecular weight is 192 g/mol. The lowest BCUT2D eigenvalue weighted by Crippen LogP contribution is -2.25. The van der Waals surface area contributed by atoms with Gasteiger partial charge in [-0.15, -0.1) is 0 Å². The molecule has 5 heteroatoms. The molecule has 0 saturated carbocycles.